The van der Waals surface area contributed by atoms with Gasteiger partial charge in [0.25, 0.3) is 0 Å². The van der Waals surface area contributed by atoms with E-state index in [1.54, 1.807) is 0 Å². The third kappa shape index (κ3) is 293. The van der Waals surface area contributed by atoms with Crippen LogP contribution < -0.4 is 30.8 Å². The van der Waals surface area contributed by atoms with Crippen molar-refractivity contribution < 1.29 is 19.5 Å². The van der Waals surface area contributed by atoms with Crippen LogP contribution in [0.3, 0.4) is 0 Å². The molecule has 15 N–H and O–H groups in total. The van der Waals surface area contributed by atoms with Crippen molar-refractivity contribution in [3.05, 3.63) is 0 Å². The molecule has 0 amide bonds. The predicted octanol–water partition coefficient (Wildman–Crippen LogP) is 1.23. The quantitative estimate of drug-likeness (QED) is 0.387. The summed E-state index contributed by atoms with van der Waals surface area (Å²) in [6, 6.07) is 0. The SMILES string of the molecule is Cl.N.N.N.N.N.[Ru]. The van der Waals surface area contributed by atoms with Gasteiger partial charge in [-0.1, -0.05) is 0 Å². The largest absolute Gasteiger partial charge is 0.344 e. The summed E-state index contributed by atoms with van der Waals surface area (Å²) in [6.45, 7) is 0. The molecule has 0 aromatic heterocycles. The Morgan fingerprint density at radius 3 is 0.429 bits per heavy atom. The van der Waals surface area contributed by atoms with E-state index in [0.717, 1.165) is 0 Å². The van der Waals surface area contributed by atoms with Crippen LogP contribution in [-0.2, 0) is 19.5 Å². The molecule has 0 aromatic carbocycles. The van der Waals surface area contributed by atoms with Crippen molar-refractivity contribution in [1.29, 1.82) is 0 Å². The van der Waals surface area contributed by atoms with Gasteiger partial charge < -0.3 is 30.8 Å². The zero-order valence-corrected chi connectivity index (χ0v) is 6.85. The molecule has 0 aliphatic rings. The zero-order chi connectivity index (χ0) is 0. The molecule has 0 aromatic rings. The van der Waals surface area contributed by atoms with Gasteiger partial charge in [-0.25, -0.2) is 0 Å². The molecule has 5 nitrogen and oxygen atoms in total. The molecule has 0 radical (unpaired) electrons. The fourth-order valence-corrected chi connectivity index (χ4v) is 0. The minimum absolute atomic E-state index is 0. The summed E-state index contributed by atoms with van der Waals surface area (Å²) < 4.78 is 0. The second kappa shape index (κ2) is 431. The van der Waals surface area contributed by atoms with Crippen molar-refractivity contribution in [3.8, 4) is 0 Å². The maximum Gasteiger partial charge on any atom is 0 e. The van der Waals surface area contributed by atoms with Crippen LogP contribution in [0.15, 0.2) is 0 Å². The predicted molar refractivity (Wildman–Crippen MR) is 32.4 cm³/mol. The van der Waals surface area contributed by atoms with E-state index in [2.05, 4.69) is 0 Å². The molecule has 0 saturated carbocycles. The van der Waals surface area contributed by atoms with E-state index >= 15 is 0 Å². The van der Waals surface area contributed by atoms with Gasteiger partial charge >= 0.3 is 0 Å². The van der Waals surface area contributed by atoms with Gasteiger partial charge in [0.2, 0.25) is 0 Å². The molecular weight excluding hydrogens is 207 g/mol. The molecule has 0 spiro atoms. The van der Waals surface area contributed by atoms with E-state index in [0.29, 0.717) is 0 Å². The second-order valence-corrected chi connectivity index (χ2v) is 0. The minimum Gasteiger partial charge on any atom is -0.344 e. The maximum atomic E-state index is 0. The standard InChI is InChI=1S/ClH.5H3N.Ru/h1H;5*1H3;. The molecular formula is H16ClN5Ru. The Balaban J connectivity index is 0. The molecule has 7 heavy (non-hydrogen) atoms. The van der Waals surface area contributed by atoms with Gasteiger partial charge in [0, 0.05) is 19.5 Å². The van der Waals surface area contributed by atoms with Crippen LogP contribution in [0.1, 0.15) is 0 Å². The molecule has 0 bridgehead atoms. The van der Waals surface area contributed by atoms with Gasteiger partial charge in [-0.3, -0.25) is 0 Å². The Hall–Kier alpha value is 0.713. The second-order valence-electron chi connectivity index (χ2n) is 0. The Kier molecular flexibility index (Phi) is 42000. The fraction of sp³-hybridized carbons (Fsp3) is 0. The molecule has 0 heterocycles. The fourth-order valence-electron chi connectivity index (χ4n) is 0. The summed E-state index contributed by atoms with van der Waals surface area (Å²) in [7, 11) is 0. The minimum atomic E-state index is 0. The third-order valence-corrected chi connectivity index (χ3v) is 0. The van der Waals surface area contributed by atoms with Crippen LogP contribution in [-0.4, -0.2) is 0 Å². The Labute approximate surface area is 63.1 Å². The summed E-state index contributed by atoms with van der Waals surface area (Å²) in [6.07, 6.45) is 0. The van der Waals surface area contributed by atoms with Crippen LogP contribution in [0.5, 0.6) is 0 Å². The zero-order valence-electron chi connectivity index (χ0n) is 4.30. The van der Waals surface area contributed by atoms with E-state index in [1.165, 1.54) is 0 Å². The molecule has 0 saturated heterocycles. The van der Waals surface area contributed by atoms with Crippen molar-refractivity contribution in [2.45, 2.75) is 0 Å². The van der Waals surface area contributed by atoms with Crippen molar-refractivity contribution in [2.75, 3.05) is 0 Å². The van der Waals surface area contributed by atoms with Gasteiger partial charge in [0.15, 0.2) is 0 Å². The summed E-state index contributed by atoms with van der Waals surface area (Å²) in [5, 5.41) is 0. The van der Waals surface area contributed by atoms with Crippen molar-refractivity contribution in [2.24, 2.45) is 0 Å². The van der Waals surface area contributed by atoms with Gasteiger partial charge in [0.05, 0.1) is 0 Å². The summed E-state index contributed by atoms with van der Waals surface area (Å²) in [5.74, 6) is 0. The van der Waals surface area contributed by atoms with E-state index in [-0.39, 0.29) is 62.6 Å². The molecule has 0 rings (SSSR count). The third-order valence-electron chi connectivity index (χ3n) is 0. The van der Waals surface area contributed by atoms with Gasteiger partial charge in [-0.2, -0.15) is 0 Å². The first-order valence-corrected chi connectivity index (χ1v) is 0. The number of hydrogen-bond acceptors (Lipinski definition) is 5. The average Bonchev–Trinajstić information content (AvgIpc) is 0. The number of rotatable bonds is 0. The van der Waals surface area contributed by atoms with E-state index in [9.17, 15) is 0 Å². The van der Waals surface area contributed by atoms with Crippen LogP contribution in [0.2, 0.25) is 0 Å². The Morgan fingerprint density at radius 1 is 0.429 bits per heavy atom. The van der Waals surface area contributed by atoms with Crippen LogP contribution in [0, 0.1) is 0 Å². The Morgan fingerprint density at radius 2 is 0.429 bits per heavy atom. The van der Waals surface area contributed by atoms with Gasteiger partial charge in [-0.15, -0.1) is 12.4 Å². The van der Waals surface area contributed by atoms with Crippen LogP contribution in [0.4, 0.5) is 0 Å². The van der Waals surface area contributed by atoms with Crippen LogP contribution in [0.25, 0.3) is 0 Å². The Bertz CT molecular complexity index is 8.04. The molecule has 0 unspecified atom stereocenters. The molecule has 7 heteroatoms. The molecule has 0 aliphatic carbocycles. The van der Waals surface area contributed by atoms with Crippen molar-refractivity contribution in [1.82, 2.24) is 30.8 Å². The normalized spacial score (nSPS) is 0. The first-order valence-electron chi connectivity index (χ1n) is 0. The van der Waals surface area contributed by atoms with Crippen molar-refractivity contribution >= 4 is 12.4 Å². The van der Waals surface area contributed by atoms with Crippen LogP contribution >= 0.6 is 12.4 Å². The topological polar surface area (TPSA) is 175 Å². The first kappa shape index (κ1) is 683. The number of halogens is 1. The van der Waals surface area contributed by atoms with Crippen molar-refractivity contribution in [3.63, 3.8) is 0 Å². The van der Waals surface area contributed by atoms with Gasteiger partial charge in [-0.05, 0) is 0 Å². The van der Waals surface area contributed by atoms with Gasteiger partial charge in [0.1, 0.15) is 0 Å². The maximum absolute atomic E-state index is 0. The molecule has 56 valence electrons. The summed E-state index contributed by atoms with van der Waals surface area (Å²) in [5.41, 5.74) is 0. The summed E-state index contributed by atoms with van der Waals surface area (Å²) >= 11 is 0. The number of hydrogen-bond donors (Lipinski definition) is 5. The smallest absolute Gasteiger partial charge is 0 e. The van der Waals surface area contributed by atoms with E-state index in [4.69, 9.17) is 0 Å². The average molecular weight is 223 g/mol. The molecule has 0 atom stereocenters. The van der Waals surface area contributed by atoms with E-state index in [1.807, 2.05) is 0 Å². The monoisotopic (exact) mass is 223 g/mol. The molecule has 0 fully saturated rings. The molecule has 0 aliphatic heterocycles. The van der Waals surface area contributed by atoms with E-state index < -0.39 is 0 Å². The first-order chi connectivity index (χ1) is 0. The summed E-state index contributed by atoms with van der Waals surface area (Å²) in [4.78, 5) is 0.